The lowest BCUT2D eigenvalue weighted by Gasteiger charge is -2.37. The monoisotopic (exact) mass is 608 g/mol. The van der Waals surface area contributed by atoms with Crippen molar-refractivity contribution in [2.45, 2.75) is 49.5 Å². The van der Waals surface area contributed by atoms with Crippen LogP contribution in [0.15, 0.2) is 24.4 Å². The summed E-state index contributed by atoms with van der Waals surface area (Å²) in [7, 11) is 5.16. The largest absolute Gasteiger partial charge is 0.467 e. The summed E-state index contributed by atoms with van der Waals surface area (Å²) in [5, 5.41) is 16.6. The fraction of sp³-hybridized carbons (Fsp3) is 0.438. The van der Waals surface area contributed by atoms with E-state index in [0.29, 0.717) is 41.6 Å². The highest BCUT2D eigenvalue weighted by atomic mass is 19.1. The van der Waals surface area contributed by atoms with Crippen molar-refractivity contribution >= 4 is 16.5 Å². The highest BCUT2D eigenvalue weighted by Crippen LogP contribution is 2.53. The summed E-state index contributed by atoms with van der Waals surface area (Å²) in [4.78, 5) is 10.9. The number of methoxy groups -OCH3 is 1. The molecule has 3 heterocycles. The molecular weight excluding hydrogens is 573 g/mol. The van der Waals surface area contributed by atoms with Crippen LogP contribution in [0.1, 0.15) is 53.8 Å². The van der Waals surface area contributed by atoms with Gasteiger partial charge in [-0.15, -0.1) is 6.42 Å². The average molecular weight is 609 g/mol. The van der Waals surface area contributed by atoms with Gasteiger partial charge in [-0.1, -0.05) is 12.0 Å². The first-order chi connectivity index (χ1) is 20.9. The van der Waals surface area contributed by atoms with Crippen molar-refractivity contribution in [3.05, 3.63) is 69.8 Å². The Morgan fingerprint density at radius 2 is 1.98 bits per heavy atom. The Labute approximate surface area is 253 Å². The number of terminal acetylenes is 1. The smallest absolute Gasteiger partial charge is 0.317 e. The molecule has 2 fully saturated rings. The lowest BCUT2D eigenvalue weighted by atomic mass is 9.83. The number of nitrogens with one attached hydrogen (secondary N) is 1. The first kappa shape index (κ1) is 30.3. The molecule has 232 valence electrons. The van der Waals surface area contributed by atoms with Crippen LogP contribution in [0.5, 0.6) is 6.01 Å². The minimum atomic E-state index is -1.55. The molecule has 1 aromatic heterocycles. The van der Waals surface area contributed by atoms with E-state index in [9.17, 15) is 9.50 Å². The van der Waals surface area contributed by atoms with Crippen molar-refractivity contribution in [3.63, 3.8) is 0 Å². The molecule has 0 spiro atoms. The van der Waals surface area contributed by atoms with Gasteiger partial charge in [0.1, 0.15) is 35.0 Å². The van der Waals surface area contributed by atoms with Gasteiger partial charge in [-0.05, 0) is 45.5 Å². The molecule has 4 N–H and O–H groups in total. The fourth-order valence-corrected chi connectivity index (χ4v) is 6.72. The molecule has 3 atom stereocenters. The third kappa shape index (κ3) is 5.08. The number of hydrogen-bond acceptors (Lipinski definition) is 9. The van der Waals surface area contributed by atoms with Crippen molar-refractivity contribution in [1.82, 2.24) is 25.2 Å². The number of rotatable bonds is 6. The summed E-state index contributed by atoms with van der Waals surface area (Å²) in [5.74, 6) is 6.54. The number of aliphatic hydroxyl groups is 1. The number of β-amino-alcohol motifs (C(OH)–C–C–N with tert-alkyl or cyclic N) is 1. The van der Waals surface area contributed by atoms with Crippen LogP contribution < -0.4 is 15.9 Å². The van der Waals surface area contributed by atoms with Gasteiger partial charge in [-0.2, -0.15) is 9.97 Å². The summed E-state index contributed by atoms with van der Waals surface area (Å²) in [6, 6.07) is 3.62. The van der Waals surface area contributed by atoms with E-state index in [1.807, 2.05) is 19.0 Å². The van der Waals surface area contributed by atoms with Crippen LogP contribution in [0.25, 0.3) is 16.5 Å². The molecular formula is C32H35F3N6O3. The number of halogens is 3. The molecule has 2 aliphatic heterocycles. The highest BCUT2D eigenvalue weighted by molar-refractivity contribution is 5.88. The van der Waals surface area contributed by atoms with Crippen molar-refractivity contribution in [1.29, 1.82) is 0 Å². The molecule has 0 bridgehead atoms. The second kappa shape index (κ2) is 11.0. The standard InChI is InChI=1S/C32H35F3N6O3/c1-6-18-20(33)8-7-17-13-41(36)14-19(24(17)18)29-31(2,42)15-37-12-23(44-29)28-25-26(32(9-10-32)16-40(3)4)21(34)11-22(35)27(25)38-30(39-28)43-5/h1,7-8,11,14,23,29,37,42H,9-10,12-13,15-16,36H2,2-5H3. The lowest BCUT2D eigenvalue weighted by Crippen LogP contribution is -2.48. The molecule has 1 saturated carbocycles. The molecule has 3 aliphatic rings. The number of nitrogens with two attached hydrogens (primary N) is 1. The van der Waals surface area contributed by atoms with E-state index in [-0.39, 0.29) is 47.8 Å². The molecule has 0 amide bonds. The zero-order valence-electron chi connectivity index (χ0n) is 25.0. The molecule has 1 saturated heterocycles. The van der Waals surface area contributed by atoms with Crippen LogP contribution in [0.2, 0.25) is 0 Å². The third-order valence-corrected chi connectivity index (χ3v) is 8.67. The number of hydrazine groups is 1. The number of nitrogens with zero attached hydrogens (tertiary/aromatic N) is 4. The van der Waals surface area contributed by atoms with E-state index in [1.165, 1.54) is 18.2 Å². The van der Waals surface area contributed by atoms with Gasteiger partial charge in [0.05, 0.1) is 24.9 Å². The molecule has 6 rings (SSSR count). The Bertz CT molecular complexity index is 1720. The van der Waals surface area contributed by atoms with Gasteiger partial charge in [0.2, 0.25) is 0 Å². The van der Waals surface area contributed by atoms with E-state index in [2.05, 4.69) is 21.2 Å². The van der Waals surface area contributed by atoms with E-state index in [4.69, 9.17) is 21.7 Å². The Morgan fingerprint density at radius 3 is 2.64 bits per heavy atom. The normalized spacial score (nSPS) is 24.5. The van der Waals surface area contributed by atoms with Crippen LogP contribution in [0.3, 0.4) is 0 Å². The van der Waals surface area contributed by atoms with Crippen molar-refractivity contribution in [2.75, 3.05) is 40.8 Å². The predicted octanol–water partition coefficient (Wildman–Crippen LogP) is 3.14. The van der Waals surface area contributed by atoms with E-state index < -0.39 is 40.7 Å². The number of ether oxygens (including phenoxy) is 2. The quantitative estimate of drug-likeness (QED) is 0.287. The topological polar surface area (TPSA) is 109 Å². The maximum atomic E-state index is 15.9. The van der Waals surface area contributed by atoms with Crippen molar-refractivity contribution in [3.8, 4) is 18.4 Å². The Kier molecular flexibility index (Phi) is 7.58. The average Bonchev–Trinajstić information content (AvgIpc) is 3.75. The predicted molar refractivity (Wildman–Crippen MR) is 159 cm³/mol. The highest BCUT2D eigenvalue weighted by Gasteiger charge is 2.49. The van der Waals surface area contributed by atoms with Gasteiger partial charge in [-0.25, -0.2) is 19.0 Å². The summed E-state index contributed by atoms with van der Waals surface area (Å²) in [5.41, 5.74) is -0.219. The summed E-state index contributed by atoms with van der Waals surface area (Å²) >= 11 is 0. The maximum Gasteiger partial charge on any atom is 0.317 e. The van der Waals surface area contributed by atoms with Gasteiger partial charge >= 0.3 is 6.01 Å². The second-order valence-electron chi connectivity index (χ2n) is 12.4. The zero-order chi connectivity index (χ0) is 31.6. The summed E-state index contributed by atoms with van der Waals surface area (Å²) in [6.07, 6.45) is 6.66. The van der Waals surface area contributed by atoms with E-state index in [0.717, 1.165) is 6.07 Å². The number of fused-ring (bicyclic) bond motifs is 2. The van der Waals surface area contributed by atoms with Gasteiger partial charge < -0.3 is 29.8 Å². The molecule has 0 radical (unpaired) electrons. The van der Waals surface area contributed by atoms with Crippen LogP contribution >= 0.6 is 0 Å². The van der Waals surface area contributed by atoms with Crippen molar-refractivity contribution in [2.24, 2.45) is 5.84 Å². The van der Waals surface area contributed by atoms with E-state index >= 15 is 8.78 Å². The Morgan fingerprint density at radius 1 is 1.23 bits per heavy atom. The van der Waals surface area contributed by atoms with Gasteiger partial charge in [0, 0.05) is 59.4 Å². The number of hydrogen-bond donors (Lipinski definition) is 3. The minimum Gasteiger partial charge on any atom is -0.467 e. The molecule has 3 unspecified atom stereocenters. The maximum absolute atomic E-state index is 15.9. The first-order valence-electron chi connectivity index (χ1n) is 14.4. The van der Waals surface area contributed by atoms with Gasteiger partial charge in [-0.3, -0.25) is 0 Å². The SMILES string of the molecule is C#Cc1c(F)ccc2c1C(C1OC(c3nc(OC)nc4c(F)cc(F)c(C5(CN(C)C)CC5)c34)CNCC1(C)O)=CN(N)C2. The molecule has 12 heteroatoms. The van der Waals surface area contributed by atoms with Gasteiger partial charge in [0.25, 0.3) is 0 Å². The molecule has 2 aromatic carbocycles. The summed E-state index contributed by atoms with van der Waals surface area (Å²) in [6.45, 7) is 2.56. The van der Waals surface area contributed by atoms with Crippen molar-refractivity contribution < 1.29 is 27.8 Å². The number of likely N-dealkylation sites (N-methyl/N-ethyl adjacent to an activating group) is 1. The number of benzene rings is 2. The Balaban J connectivity index is 1.56. The molecule has 44 heavy (non-hydrogen) atoms. The summed E-state index contributed by atoms with van der Waals surface area (Å²) < 4.78 is 58.4. The van der Waals surface area contributed by atoms with Gasteiger partial charge in [0.15, 0.2) is 5.82 Å². The zero-order valence-corrected chi connectivity index (χ0v) is 25.0. The van der Waals surface area contributed by atoms with Crippen LogP contribution in [-0.4, -0.2) is 77.5 Å². The number of aromatic nitrogens is 2. The Hall–Kier alpha value is -3.73. The fourth-order valence-electron chi connectivity index (χ4n) is 6.72. The second-order valence-corrected chi connectivity index (χ2v) is 12.4. The van der Waals surface area contributed by atoms with Crippen LogP contribution in [0, 0.1) is 29.8 Å². The lowest BCUT2D eigenvalue weighted by molar-refractivity contribution is -0.0797. The third-order valence-electron chi connectivity index (χ3n) is 8.67. The van der Waals surface area contributed by atoms with Crippen LogP contribution in [-0.2, 0) is 16.7 Å². The first-order valence-corrected chi connectivity index (χ1v) is 14.4. The van der Waals surface area contributed by atoms with E-state index in [1.54, 1.807) is 19.2 Å². The minimum absolute atomic E-state index is 0.0231. The molecule has 9 nitrogen and oxygen atoms in total. The molecule has 3 aromatic rings. The van der Waals surface area contributed by atoms with Crippen LogP contribution in [0.4, 0.5) is 13.2 Å². The molecule has 1 aliphatic carbocycles.